The molecule has 110 valence electrons. The number of hydrogen-bond donors (Lipinski definition) is 3. The van der Waals surface area contributed by atoms with E-state index in [0.717, 1.165) is 23.7 Å². The highest BCUT2D eigenvalue weighted by atomic mass is 35.5. The molecule has 2 aromatic rings. The number of benzene rings is 2. The van der Waals surface area contributed by atoms with E-state index in [2.05, 4.69) is 22.4 Å². The van der Waals surface area contributed by atoms with E-state index in [1.807, 2.05) is 36.4 Å². The maximum Gasteiger partial charge on any atom is 0.186 e. The van der Waals surface area contributed by atoms with E-state index in [9.17, 15) is 0 Å². The summed E-state index contributed by atoms with van der Waals surface area (Å²) in [5.74, 6) is 0.112. The fourth-order valence-corrected chi connectivity index (χ4v) is 2.10. The molecule has 0 atom stereocenters. The van der Waals surface area contributed by atoms with Gasteiger partial charge in [-0.1, -0.05) is 48.0 Å². The van der Waals surface area contributed by atoms with Crippen LogP contribution in [0.3, 0.4) is 0 Å². The molecule has 4 nitrogen and oxygen atoms in total. The van der Waals surface area contributed by atoms with Crippen molar-refractivity contribution >= 4 is 17.6 Å². The summed E-state index contributed by atoms with van der Waals surface area (Å²) in [4.78, 5) is 4.01. The number of nitrogens with zero attached hydrogens (tertiary/aromatic N) is 1. The number of nitrogens with one attached hydrogen (secondary N) is 1. The third-order valence-electron chi connectivity index (χ3n) is 3.01. The quantitative estimate of drug-likeness (QED) is 0.566. The summed E-state index contributed by atoms with van der Waals surface area (Å²) < 4.78 is 0. The van der Waals surface area contributed by atoms with Gasteiger partial charge in [-0.3, -0.25) is 0 Å². The molecule has 0 saturated carbocycles. The van der Waals surface area contributed by atoms with Crippen molar-refractivity contribution in [1.29, 1.82) is 0 Å². The molecule has 0 fully saturated rings. The van der Waals surface area contributed by atoms with Gasteiger partial charge < -0.3 is 16.8 Å². The first kappa shape index (κ1) is 15.4. The monoisotopic (exact) mass is 302 g/mol. The second-order valence-corrected chi connectivity index (χ2v) is 5.23. The summed E-state index contributed by atoms with van der Waals surface area (Å²) >= 11 is 5.86. The van der Waals surface area contributed by atoms with Crippen LogP contribution < -0.4 is 16.8 Å². The number of hydrogen-bond acceptors (Lipinski definition) is 2. The van der Waals surface area contributed by atoms with Crippen LogP contribution in [0.2, 0.25) is 5.02 Å². The number of halogens is 1. The maximum absolute atomic E-state index is 5.86. The molecular weight excluding hydrogens is 284 g/mol. The zero-order valence-electron chi connectivity index (χ0n) is 11.7. The number of rotatable bonds is 6. The molecule has 0 saturated heterocycles. The first-order valence-corrected chi connectivity index (χ1v) is 7.09. The first-order chi connectivity index (χ1) is 10.1. The van der Waals surface area contributed by atoms with E-state index in [0.29, 0.717) is 6.54 Å². The molecule has 0 amide bonds. The maximum atomic E-state index is 5.86. The van der Waals surface area contributed by atoms with Crippen LogP contribution in [-0.2, 0) is 19.6 Å². The van der Waals surface area contributed by atoms with Crippen LogP contribution in [-0.4, -0.2) is 5.96 Å². The van der Waals surface area contributed by atoms with Crippen molar-refractivity contribution in [3.8, 4) is 0 Å². The highest BCUT2D eigenvalue weighted by molar-refractivity contribution is 6.30. The van der Waals surface area contributed by atoms with Gasteiger partial charge in [-0.2, -0.15) is 0 Å². The van der Waals surface area contributed by atoms with Crippen LogP contribution in [0.25, 0.3) is 0 Å². The molecule has 0 aliphatic rings. The minimum atomic E-state index is 0.112. The number of guanidine groups is 1. The van der Waals surface area contributed by atoms with Crippen LogP contribution in [0.15, 0.2) is 53.5 Å². The topological polar surface area (TPSA) is 76.4 Å². The molecule has 5 N–H and O–H groups in total. The van der Waals surface area contributed by atoms with Crippen molar-refractivity contribution in [1.82, 2.24) is 5.32 Å². The first-order valence-electron chi connectivity index (χ1n) is 6.72. The van der Waals surface area contributed by atoms with Gasteiger partial charge in [0.15, 0.2) is 5.96 Å². The molecule has 0 aromatic heterocycles. The Kier molecular flexibility index (Phi) is 5.60. The molecular formula is C16H19ClN4. The average molecular weight is 303 g/mol. The lowest BCUT2D eigenvalue weighted by Crippen LogP contribution is -2.22. The number of nitrogens with two attached hydrogens (primary N) is 2. The van der Waals surface area contributed by atoms with E-state index in [-0.39, 0.29) is 5.96 Å². The van der Waals surface area contributed by atoms with Crippen LogP contribution in [0.1, 0.15) is 16.7 Å². The molecule has 0 bridgehead atoms. The summed E-state index contributed by atoms with van der Waals surface area (Å²) in [6.45, 7) is 2.10. The molecule has 2 rings (SSSR count). The standard InChI is InChI=1S/C16H19ClN4/c17-15-6-4-12(5-7-15)9-20-10-13-2-1-3-14(8-13)11-21-16(18)19/h1-8,20H,9-11H2,(H4,18,19,21). The van der Waals surface area contributed by atoms with Crippen molar-refractivity contribution in [3.05, 3.63) is 70.2 Å². The van der Waals surface area contributed by atoms with Gasteiger partial charge in [0.1, 0.15) is 0 Å². The molecule has 2 aromatic carbocycles. The molecule has 21 heavy (non-hydrogen) atoms. The predicted octanol–water partition coefficient (Wildman–Crippen LogP) is 2.40. The number of aliphatic imine (C=N–C) groups is 1. The Balaban J connectivity index is 1.86. The Hall–Kier alpha value is -2.04. The highest BCUT2D eigenvalue weighted by Gasteiger charge is 1.97. The molecule has 0 radical (unpaired) electrons. The van der Waals surface area contributed by atoms with E-state index in [1.54, 1.807) is 0 Å². The van der Waals surface area contributed by atoms with Gasteiger partial charge >= 0.3 is 0 Å². The smallest absolute Gasteiger partial charge is 0.186 e. The molecule has 0 aliphatic carbocycles. The van der Waals surface area contributed by atoms with Gasteiger partial charge in [0, 0.05) is 18.1 Å². The lowest BCUT2D eigenvalue weighted by molar-refractivity contribution is 0.692. The van der Waals surface area contributed by atoms with Gasteiger partial charge in [-0.25, -0.2) is 4.99 Å². The zero-order chi connectivity index (χ0) is 15.1. The van der Waals surface area contributed by atoms with Gasteiger partial charge in [0.25, 0.3) is 0 Å². The molecule has 0 aliphatic heterocycles. The second-order valence-electron chi connectivity index (χ2n) is 4.79. The molecule has 0 heterocycles. The molecule has 0 unspecified atom stereocenters. The fraction of sp³-hybridized carbons (Fsp3) is 0.188. The largest absolute Gasteiger partial charge is 0.370 e. The molecule has 0 spiro atoms. The lowest BCUT2D eigenvalue weighted by Gasteiger charge is -2.07. The predicted molar refractivity (Wildman–Crippen MR) is 88.0 cm³/mol. The third-order valence-corrected chi connectivity index (χ3v) is 3.26. The Morgan fingerprint density at radius 1 is 0.952 bits per heavy atom. The Labute approximate surface area is 129 Å². The van der Waals surface area contributed by atoms with Gasteiger partial charge in [0.05, 0.1) is 6.54 Å². The summed E-state index contributed by atoms with van der Waals surface area (Å²) in [7, 11) is 0. The van der Waals surface area contributed by atoms with Crippen LogP contribution in [0, 0.1) is 0 Å². The fourth-order valence-electron chi connectivity index (χ4n) is 1.97. The van der Waals surface area contributed by atoms with Crippen molar-refractivity contribution in [2.24, 2.45) is 16.5 Å². The third kappa shape index (κ3) is 5.45. The second kappa shape index (κ2) is 7.67. The van der Waals surface area contributed by atoms with Crippen LogP contribution >= 0.6 is 11.6 Å². The summed E-state index contributed by atoms with van der Waals surface area (Å²) in [6, 6.07) is 16.0. The van der Waals surface area contributed by atoms with Gasteiger partial charge in [0.2, 0.25) is 0 Å². The Morgan fingerprint density at radius 2 is 1.62 bits per heavy atom. The lowest BCUT2D eigenvalue weighted by atomic mass is 10.1. The van der Waals surface area contributed by atoms with E-state index in [1.165, 1.54) is 11.1 Å². The van der Waals surface area contributed by atoms with E-state index >= 15 is 0 Å². The van der Waals surface area contributed by atoms with Crippen LogP contribution in [0.5, 0.6) is 0 Å². The van der Waals surface area contributed by atoms with E-state index < -0.39 is 0 Å². The van der Waals surface area contributed by atoms with Gasteiger partial charge in [-0.05, 0) is 28.8 Å². The zero-order valence-corrected chi connectivity index (χ0v) is 12.5. The van der Waals surface area contributed by atoms with Crippen molar-refractivity contribution in [2.75, 3.05) is 0 Å². The van der Waals surface area contributed by atoms with Gasteiger partial charge in [-0.15, -0.1) is 0 Å². The molecule has 5 heteroatoms. The summed E-state index contributed by atoms with van der Waals surface area (Å²) in [5.41, 5.74) is 14.2. The van der Waals surface area contributed by atoms with Crippen LogP contribution in [0.4, 0.5) is 0 Å². The summed E-state index contributed by atoms with van der Waals surface area (Å²) in [5, 5.41) is 4.16. The minimum absolute atomic E-state index is 0.112. The van der Waals surface area contributed by atoms with Crippen molar-refractivity contribution in [3.63, 3.8) is 0 Å². The Morgan fingerprint density at radius 3 is 2.33 bits per heavy atom. The minimum Gasteiger partial charge on any atom is -0.370 e. The Bertz CT molecular complexity index is 604. The van der Waals surface area contributed by atoms with Crippen molar-refractivity contribution < 1.29 is 0 Å². The normalized spacial score (nSPS) is 10.3. The summed E-state index contributed by atoms with van der Waals surface area (Å²) in [6.07, 6.45) is 0. The van der Waals surface area contributed by atoms with E-state index in [4.69, 9.17) is 23.1 Å². The average Bonchev–Trinajstić information content (AvgIpc) is 2.48. The SMILES string of the molecule is NC(N)=NCc1cccc(CNCc2ccc(Cl)cc2)c1. The van der Waals surface area contributed by atoms with Crippen molar-refractivity contribution in [2.45, 2.75) is 19.6 Å². The highest BCUT2D eigenvalue weighted by Crippen LogP contribution is 2.10.